The summed E-state index contributed by atoms with van der Waals surface area (Å²) in [5.74, 6) is -0.751. The summed E-state index contributed by atoms with van der Waals surface area (Å²) in [4.78, 5) is 38.0. The lowest BCUT2D eigenvalue weighted by Gasteiger charge is -2.36. The largest absolute Gasteiger partial charge is 0.322 e. The van der Waals surface area contributed by atoms with Gasteiger partial charge in [0.1, 0.15) is 6.04 Å². The van der Waals surface area contributed by atoms with Gasteiger partial charge >= 0.3 is 0 Å². The second-order valence-electron chi connectivity index (χ2n) is 8.77. The molecule has 3 aliphatic rings. The number of amides is 3. The number of carbonyl (C=O) groups is 3. The quantitative estimate of drug-likeness (QED) is 0.676. The topological polar surface area (TPSA) is 90.5 Å². The van der Waals surface area contributed by atoms with E-state index >= 15 is 0 Å². The third-order valence-electron chi connectivity index (χ3n) is 6.13. The predicted octanol–water partition coefficient (Wildman–Crippen LogP) is 1.07. The summed E-state index contributed by atoms with van der Waals surface area (Å²) in [5.41, 5.74) is 2.89. The Labute approximate surface area is 165 Å². The van der Waals surface area contributed by atoms with Gasteiger partial charge in [-0.05, 0) is 50.3 Å². The van der Waals surface area contributed by atoms with Crippen LogP contribution in [0.4, 0.5) is 0 Å². The van der Waals surface area contributed by atoms with Gasteiger partial charge in [-0.3, -0.25) is 19.7 Å². The molecule has 28 heavy (non-hydrogen) atoms. The molecule has 3 aliphatic heterocycles. The Hall–Kier alpha value is -2.25. The zero-order valence-corrected chi connectivity index (χ0v) is 16.5. The van der Waals surface area contributed by atoms with Crippen LogP contribution in [0, 0.1) is 0 Å². The fraction of sp³-hybridized carbons (Fsp3) is 0.571. The first kappa shape index (κ1) is 19.1. The van der Waals surface area contributed by atoms with Crippen LogP contribution in [0.1, 0.15) is 61.0 Å². The fourth-order valence-electron chi connectivity index (χ4n) is 4.27. The van der Waals surface area contributed by atoms with Crippen LogP contribution < -0.4 is 16.0 Å². The van der Waals surface area contributed by atoms with Gasteiger partial charge in [0.25, 0.3) is 5.91 Å². The number of hydrogen-bond acceptors (Lipinski definition) is 5. The lowest BCUT2D eigenvalue weighted by atomic mass is 9.90. The highest BCUT2D eigenvalue weighted by molar-refractivity contribution is 6.05. The molecule has 2 saturated heterocycles. The first-order valence-electron chi connectivity index (χ1n) is 10.1. The minimum atomic E-state index is -0.559. The summed E-state index contributed by atoms with van der Waals surface area (Å²) < 4.78 is 0. The van der Waals surface area contributed by atoms with Crippen LogP contribution in [0.5, 0.6) is 0 Å². The van der Waals surface area contributed by atoms with Crippen molar-refractivity contribution in [3.8, 4) is 0 Å². The highest BCUT2D eigenvalue weighted by Gasteiger charge is 2.39. The Bertz CT molecular complexity index is 810. The lowest BCUT2D eigenvalue weighted by Crippen LogP contribution is -2.52. The highest BCUT2D eigenvalue weighted by atomic mass is 16.2. The second-order valence-corrected chi connectivity index (χ2v) is 8.77. The Morgan fingerprint density at radius 1 is 1.21 bits per heavy atom. The number of nitrogens with one attached hydrogen (secondary N) is 3. The lowest BCUT2D eigenvalue weighted by molar-refractivity contribution is -0.136. The van der Waals surface area contributed by atoms with Crippen molar-refractivity contribution < 1.29 is 14.4 Å². The molecule has 3 heterocycles. The van der Waals surface area contributed by atoms with Gasteiger partial charge in [0, 0.05) is 43.2 Å². The third-order valence-corrected chi connectivity index (χ3v) is 6.13. The Kier molecular flexibility index (Phi) is 4.97. The molecule has 1 aromatic rings. The smallest absolute Gasteiger partial charge is 0.255 e. The molecule has 3 N–H and O–H groups in total. The van der Waals surface area contributed by atoms with Crippen molar-refractivity contribution >= 4 is 17.7 Å². The first-order valence-corrected chi connectivity index (χ1v) is 10.1. The van der Waals surface area contributed by atoms with Gasteiger partial charge in [0.15, 0.2) is 0 Å². The molecule has 0 aliphatic carbocycles. The van der Waals surface area contributed by atoms with Crippen molar-refractivity contribution in [1.82, 2.24) is 20.9 Å². The number of nitrogens with zero attached hydrogens (tertiary/aromatic N) is 1. The minimum absolute atomic E-state index is 0.118. The van der Waals surface area contributed by atoms with E-state index in [2.05, 4.69) is 29.8 Å². The van der Waals surface area contributed by atoms with Crippen LogP contribution in [-0.4, -0.2) is 46.8 Å². The molecule has 0 saturated carbocycles. The van der Waals surface area contributed by atoms with Crippen molar-refractivity contribution in [1.29, 1.82) is 0 Å². The van der Waals surface area contributed by atoms with Gasteiger partial charge < -0.3 is 15.5 Å². The Morgan fingerprint density at radius 3 is 2.75 bits per heavy atom. The van der Waals surface area contributed by atoms with Crippen LogP contribution in [-0.2, 0) is 22.7 Å². The number of piperidine rings is 2. The maximum absolute atomic E-state index is 12.9. The first-order chi connectivity index (χ1) is 13.3. The van der Waals surface area contributed by atoms with E-state index in [9.17, 15) is 14.4 Å². The molecule has 2 fully saturated rings. The molecule has 0 spiro atoms. The molecule has 4 rings (SSSR count). The molecule has 0 aromatic heterocycles. The van der Waals surface area contributed by atoms with Gasteiger partial charge in [0.2, 0.25) is 11.8 Å². The molecule has 2 unspecified atom stereocenters. The van der Waals surface area contributed by atoms with Crippen molar-refractivity contribution in [2.24, 2.45) is 0 Å². The molecule has 7 nitrogen and oxygen atoms in total. The number of imide groups is 1. The van der Waals surface area contributed by atoms with E-state index in [0.717, 1.165) is 30.5 Å². The van der Waals surface area contributed by atoms with Crippen molar-refractivity contribution in [2.45, 2.75) is 70.2 Å². The predicted molar refractivity (Wildman–Crippen MR) is 104 cm³/mol. The average Bonchev–Trinajstić information content (AvgIpc) is 2.97. The van der Waals surface area contributed by atoms with Gasteiger partial charge in [-0.1, -0.05) is 12.1 Å². The molecule has 150 valence electrons. The summed E-state index contributed by atoms with van der Waals surface area (Å²) in [6.07, 6.45) is 2.93. The van der Waals surface area contributed by atoms with E-state index in [1.54, 1.807) is 4.90 Å². The standard InChI is InChI=1S/C21H28N4O3/c1-21(2)8-7-15(11-23-21)22-10-13-3-4-14-12-25(20(28)16(14)9-13)17-5-6-18(26)24-19(17)27/h3-4,9,15,17,22-23H,5-8,10-12H2,1-2H3,(H,24,26,27). The van der Waals surface area contributed by atoms with Gasteiger partial charge in [-0.15, -0.1) is 0 Å². The minimum Gasteiger partial charge on any atom is -0.322 e. The SMILES string of the molecule is CC1(C)CCC(NCc2ccc3c(c2)C(=O)N(C2CCC(=O)NC2=O)C3)CN1. The van der Waals surface area contributed by atoms with Crippen LogP contribution in [0.25, 0.3) is 0 Å². The summed E-state index contributed by atoms with van der Waals surface area (Å²) in [5, 5.41) is 9.48. The van der Waals surface area contributed by atoms with Crippen LogP contribution in [0.3, 0.4) is 0 Å². The second kappa shape index (κ2) is 7.29. The van der Waals surface area contributed by atoms with Gasteiger partial charge in [-0.2, -0.15) is 0 Å². The van der Waals surface area contributed by atoms with Crippen molar-refractivity contribution in [3.05, 3.63) is 34.9 Å². The van der Waals surface area contributed by atoms with Crippen molar-refractivity contribution in [2.75, 3.05) is 6.54 Å². The van der Waals surface area contributed by atoms with E-state index < -0.39 is 6.04 Å². The Balaban J connectivity index is 1.39. The third kappa shape index (κ3) is 3.82. The van der Waals surface area contributed by atoms with Crippen LogP contribution in [0.15, 0.2) is 18.2 Å². The summed E-state index contributed by atoms with van der Waals surface area (Å²) in [6.45, 7) is 6.54. The number of rotatable bonds is 4. The molecule has 0 bridgehead atoms. The Morgan fingerprint density at radius 2 is 2.04 bits per heavy atom. The average molecular weight is 384 g/mol. The van der Waals surface area contributed by atoms with Crippen LogP contribution >= 0.6 is 0 Å². The molecule has 7 heteroatoms. The van der Waals surface area contributed by atoms with E-state index in [1.165, 1.54) is 0 Å². The fourth-order valence-corrected chi connectivity index (χ4v) is 4.27. The molecular formula is C21H28N4O3. The molecular weight excluding hydrogens is 356 g/mol. The summed E-state index contributed by atoms with van der Waals surface area (Å²) >= 11 is 0. The summed E-state index contributed by atoms with van der Waals surface area (Å²) in [6, 6.07) is 5.84. The summed E-state index contributed by atoms with van der Waals surface area (Å²) in [7, 11) is 0. The maximum Gasteiger partial charge on any atom is 0.255 e. The zero-order valence-electron chi connectivity index (χ0n) is 16.5. The highest BCUT2D eigenvalue weighted by Crippen LogP contribution is 2.28. The van der Waals surface area contributed by atoms with Crippen LogP contribution in [0.2, 0.25) is 0 Å². The zero-order chi connectivity index (χ0) is 19.9. The number of hydrogen-bond donors (Lipinski definition) is 3. The number of carbonyl (C=O) groups excluding carboxylic acids is 3. The molecule has 1 aromatic carbocycles. The molecule has 2 atom stereocenters. The van der Waals surface area contributed by atoms with E-state index in [-0.39, 0.29) is 29.7 Å². The maximum atomic E-state index is 12.9. The number of benzene rings is 1. The van der Waals surface area contributed by atoms with Gasteiger partial charge in [-0.25, -0.2) is 0 Å². The monoisotopic (exact) mass is 384 g/mol. The van der Waals surface area contributed by atoms with E-state index in [0.29, 0.717) is 31.1 Å². The number of fused-ring (bicyclic) bond motifs is 1. The van der Waals surface area contributed by atoms with Crippen molar-refractivity contribution in [3.63, 3.8) is 0 Å². The van der Waals surface area contributed by atoms with E-state index in [1.807, 2.05) is 18.2 Å². The van der Waals surface area contributed by atoms with Gasteiger partial charge in [0.05, 0.1) is 0 Å². The van der Waals surface area contributed by atoms with E-state index in [4.69, 9.17) is 0 Å². The normalized spacial score (nSPS) is 26.9. The molecule has 3 amide bonds. The molecule has 0 radical (unpaired) electrons.